The summed E-state index contributed by atoms with van der Waals surface area (Å²) in [6, 6.07) is 6.98. The molecule has 3 aromatic rings. The van der Waals surface area contributed by atoms with Crippen molar-refractivity contribution in [3.8, 4) is 16.3 Å². The van der Waals surface area contributed by atoms with Crippen LogP contribution in [0.15, 0.2) is 36.5 Å². The first-order valence-electron chi connectivity index (χ1n) is 9.47. The van der Waals surface area contributed by atoms with Gasteiger partial charge in [-0.2, -0.15) is 18.3 Å². The van der Waals surface area contributed by atoms with Gasteiger partial charge in [0.15, 0.2) is 5.69 Å². The Hall–Kier alpha value is -2.76. The monoisotopic (exact) mass is 484 g/mol. The maximum absolute atomic E-state index is 12.8. The summed E-state index contributed by atoms with van der Waals surface area (Å²) in [5.74, 6) is 0.0208. The Bertz CT molecular complexity index is 1100. The van der Waals surface area contributed by atoms with E-state index in [0.717, 1.165) is 12.5 Å². The summed E-state index contributed by atoms with van der Waals surface area (Å²) < 4.78 is 49.6. The first-order valence-corrected chi connectivity index (χ1v) is 10.7. The van der Waals surface area contributed by atoms with Crippen molar-refractivity contribution in [2.75, 3.05) is 13.2 Å². The van der Waals surface area contributed by atoms with Gasteiger partial charge in [0.2, 0.25) is 0 Å². The maximum Gasteiger partial charge on any atom is 0.435 e. The van der Waals surface area contributed by atoms with Crippen molar-refractivity contribution in [2.45, 2.75) is 25.2 Å². The second kappa shape index (κ2) is 9.39. The summed E-state index contributed by atoms with van der Waals surface area (Å²) in [6.45, 7) is 0.972. The lowest BCUT2D eigenvalue weighted by Gasteiger charge is -2.14. The molecule has 1 aliphatic rings. The van der Waals surface area contributed by atoms with Crippen LogP contribution in [0.25, 0.3) is 10.6 Å². The van der Waals surface area contributed by atoms with Gasteiger partial charge < -0.3 is 14.8 Å². The molecule has 32 heavy (non-hydrogen) atoms. The van der Waals surface area contributed by atoms with E-state index < -0.39 is 17.8 Å². The molecule has 168 valence electrons. The zero-order chi connectivity index (χ0) is 22.7. The molecule has 2 aromatic heterocycles. The van der Waals surface area contributed by atoms with E-state index in [9.17, 15) is 18.0 Å². The largest absolute Gasteiger partial charge is 0.488 e. The summed E-state index contributed by atoms with van der Waals surface area (Å²) in [4.78, 5) is 17.0. The van der Waals surface area contributed by atoms with E-state index in [1.165, 1.54) is 23.6 Å². The number of benzene rings is 1. The normalized spacial score (nSPS) is 16.2. The van der Waals surface area contributed by atoms with Crippen LogP contribution in [0, 0.1) is 0 Å². The number of aromatic nitrogens is 3. The van der Waals surface area contributed by atoms with Gasteiger partial charge in [-0.3, -0.25) is 4.79 Å². The predicted octanol–water partition coefficient (Wildman–Crippen LogP) is 4.37. The van der Waals surface area contributed by atoms with E-state index in [1.807, 2.05) is 0 Å². The molecule has 1 aliphatic heterocycles. The van der Waals surface area contributed by atoms with Crippen LogP contribution in [0.1, 0.15) is 28.2 Å². The molecule has 0 radical (unpaired) electrons. The number of amides is 1. The van der Waals surface area contributed by atoms with Gasteiger partial charge >= 0.3 is 6.18 Å². The van der Waals surface area contributed by atoms with Gasteiger partial charge in [0.1, 0.15) is 21.2 Å². The molecule has 0 unspecified atom stereocenters. The van der Waals surface area contributed by atoms with Crippen LogP contribution in [0.5, 0.6) is 5.75 Å². The Morgan fingerprint density at radius 1 is 1.28 bits per heavy atom. The first-order chi connectivity index (χ1) is 15.3. The molecule has 1 saturated heterocycles. The van der Waals surface area contributed by atoms with Gasteiger partial charge in [0.05, 0.1) is 31.6 Å². The summed E-state index contributed by atoms with van der Waals surface area (Å²) in [5, 5.41) is 9.92. The minimum Gasteiger partial charge on any atom is -0.488 e. The number of nitrogens with one attached hydrogen (secondary N) is 1. The number of carbonyl (C=O) groups excluding carboxylic acids is 1. The molecule has 0 bridgehead atoms. The quantitative estimate of drug-likeness (QED) is 0.559. The van der Waals surface area contributed by atoms with Crippen molar-refractivity contribution in [2.24, 2.45) is 0 Å². The van der Waals surface area contributed by atoms with Crippen LogP contribution in [0.4, 0.5) is 13.2 Å². The number of rotatable bonds is 6. The highest BCUT2D eigenvalue weighted by molar-refractivity contribution is 7.18. The fraction of sp³-hybridized carbons (Fsp3) is 0.300. The van der Waals surface area contributed by atoms with Crippen LogP contribution in [0.3, 0.4) is 0 Å². The van der Waals surface area contributed by atoms with Gasteiger partial charge in [-0.15, -0.1) is 16.4 Å². The van der Waals surface area contributed by atoms with Gasteiger partial charge in [0, 0.05) is 17.5 Å². The molecular weight excluding hydrogens is 469 g/mol. The Morgan fingerprint density at radius 3 is 2.75 bits per heavy atom. The fourth-order valence-corrected chi connectivity index (χ4v) is 3.89. The summed E-state index contributed by atoms with van der Waals surface area (Å²) in [5.41, 5.74) is 0.0363. The second-order valence-corrected chi connectivity index (χ2v) is 8.57. The van der Waals surface area contributed by atoms with Gasteiger partial charge in [-0.1, -0.05) is 11.6 Å². The SMILES string of the molecule is O=C(NCc1ccc(C(F)(F)F)nn1)c1cc(O[C@@H]2CCOC2)cc(-c2ncc(Cl)s2)c1. The molecule has 4 rings (SSSR count). The Kier molecular flexibility index (Phi) is 6.58. The van der Waals surface area contributed by atoms with Crippen LogP contribution < -0.4 is 10.1 Å². The summed E-state index contributed by atoms with van der Waals surface area (Å²) in [6.07, 6.45) is -2.44. The second-order valence-electron chi connectivity index (χ2n) is 6.91. The van der Waals surface area contributed by atoms with Crippen molar-refractivity contribution in [1.29, 1.82) is 0 Å². The van der Waals surface area contributed by atoms with Crippen LogP contribution in [-0.2, 0) is 17.5 Å². The van der Waals surface area contributed by atoms with E-state index >= 15 is 0 Å². The van der Waals surface area contributed by atoms with E-state index in [-0.39, 0.29) is 18.3 Å². The number of nitrogens with zero attached hydrogens (tertiary/aromatic N) is 3. The third-order valence-corrected chi connectivity index (χ3v) is 5.69. The molecule has 1 amide bonds. The first kappa shape index (κ1) is 22.4. The Labute approximate surface area is 189 Å². The van der Waals surface area contributed by atoms with Crippen LogP contribution >= 0.6 is 22.9 Å². The molecule has 1 atom stereocenters. The minimum atomic E-state index is -4.57. The molecule has 1 fully saturated rings. The van der Waals surface area contributed by atoms with E-state index in [0.29, 0.717) is 39.4 Å². The molecule has 3 heterocycles. The van der Waals surface area contributed by atoms with Crippen molar-refractivity contribution in [3.63, 3.8) is 0 Å². The molecular formula is C20H16ClF3N4O3S. The predicted molar refractivity (Wildman–Crippen MR) is 111 cm³/mol. The summed E-state index contributed by atoms with van der Waals surface area (Å²) in [7, 11) is 0. The standard InChI is InChI=1S/C20H16ClF3N4O3S/c21-17-9-26-19(32-17)12-5-11(6-15(7-12)31-14-3-4-30-10-14)18(29)25-8-13-1-2-16(28-27-13)20(22,23)24/h1-2,5-7,9,14H,3-4,8,10H2,(H,25,29)/t14-/m1/s1. The molecule has 1 N–H and O–H groups in total. The van der Waals surface area contributed by atoms with Gasteiger partial charge in [0.25, 0.3) is 5.91 Å². The Balaban J connectivity index is 1.52. The molecule has 0 aliphatic carbocycles. The average Bonchev–Trinajstić information content (AvgIpc) is 3.43. The molecule has 0 saturated carbocycles. The summed E-state index contributed by atoms with van der Waals surface area (Å²) >= 11 is 7.25. The lowest BCUT2D eigenvalue weighted by Crippen LogP contribution is -2.24. The smallest absolute Gasteiger partial charge is 0.435 e. The van der Waals surface area contributed by atoms with Crippen molar-refractivity contribution >= 4 is 28.8 Å². The Morgan fingerprint density at radius 2 is 2.12 bits per heavy atom. The zero-order valence-electron chi connectivity index (χ0n) is 16.4. The topological polar surface area (TPSA) is 86.2 Å². The number of halogens is 4. The fourth-order valence-electron chi connectivity index (χ4n) is 2.99. The van der Waals surface area contributed by atoms with Crippen LogP contribution in [-0.4, -0.2) is 40.4 Å². The zero-order valence-corrected chi connectivity index (χ0v) is 17.9. The third kappa shape index (κ3) is 5.53. The number of hydrogen-bond donors (Lipinski definition) is 1. The van der Waals surface area contributed by atoms with Crippen molar-refractivity contribution in [1.82, 2.24) is 20.5 Å². The number of alkyl halides is 3. The number of thiazole rings is 1. The van der Waals surface area contributed by atoms with Crippen LogP contribution in [0.2, 0.25) is 4.34 Å². The molecule has 1 aromatic carbocycles. The molecule has 7 nitrogen and oxygen atoms in total. The number of hydrogen-bond acceptors (Lipinski definition) is 7. The minimum absolute atomic E-state index is 0.0933. The third-order valence-electron chi connectivity index (χ3n) is 4.52. The maximum atomic E-state index is 12.8. The highest BCUT2D eigenvalue weighted by Gasteiger charge is 2.32. The average molecular weight is 485 g/mol. The van der Waals surface area contributed by atoms with Crippen molar-refractivity contribution in [3.05, 3.63) is 57.8 Å². The van der Waals surface area contributed by atoms with Crippen molar-refractivity contribution < 1.29 is 27.4 Å². The van der Waals surface area contributed by atoms with E-state index in [4.69, 9.17) is 21.1 Å². The number of ether oxygens (including phenoxy) is 2. The highest BCUT2D eigenvalue weighted by atomic mass is 35.5. The van der Waals surface area contributed by atoms with E-state index in [1.54, 1.807) is 18.2 Å². The van der Waals surface area contributed by atoms with Gasteiger partial charge in [-0.25, -0.2) is 4.98 Å². The molecule has 0 spiro atoms. The lowest BCUT2D eigenvalue weighted by molar-refractivity contribution is -0.141. The lowest BCUT2D eigenvalue weighted by atomic mass is 10.1. The highest BCUT2D eigenvalue weighted by Crippen LogP contribution is 2.32. The van der Waals surface area contributed by atoms with Gasteiger partial charge in [-0.05, 0) is 30.3 Å². The number of carbonyl (C=O) groups is 1. The molecule has 12 heteroatoms. The van der Waals surface area contributed by atoms with E-state index in [2.05, 4.69) is 20.5 Å².